The number of rotatable bonds is 12. The zero-order valence-electron chi connectivity index (χ0n) is 30.3. The van der Waals surface area contributed by atoms with E-state index in [1.165, 1.54) is 38.5 Å². The zero-order chi connectivity index (χ0) is 41.5. The third-order valence-electron chi connectivity index (χ3n) is 10.1. The van der Waals surface area contributed by atoms with Gasteiger partial charge in [-0.1, -0.05) is 0 Å². The standard InChI is InChI=1S/C35H46O22/c1-49-16-3-11(4-17(50-2)22(16)39)32-18(7-13-14(38)5-12(37)6-15(13)53-32)54-35-31(48)28(45)25(42)21(57-35)10-52-34-30(47)27(44)24(41)20(56-34)9-51-33-29(46)26(43)23(40)19(8-36)55-33/h3-7,19-21,23-48H,8-10H2,1-2H3/p+1. The Bertz CT molecular complexity index is 1700. The largest absolute Gasteiger partial charge is 0.571 e. The van der Waals surface area contributed by atoms with Gasteiger partial charge in [-0.3, -0.25) is 0 Å². The van der Waals surface area contributed by atoms with E-state index in [1.54, 1.807) is 0 Å². The van der Waals surface area contributed by atoms with Crippen LogP contribution in [-0.2, 0) is 28.4 Å². The average molecular weight is 820 g/mol. The van der Waals surface area contributed by atoms with Crippen LogP contribution in [0.4, 0.5) is 0 Å². The molecule has 0 aromatic heterocycles. The number of aromatic hydroxyl groups is 4. The number of methoxy groups -OCH3 is 2. The minimum Gasteiger partial charge on any atom is -0.571 e. The average Bonchev–Trinajstić information content (AvgIpc) is 3.19. The monoisotopic (exact) mass is 819 g/mol. The molecule has 0 radical (unpaired) electrons. The van der Waals surface area contributed by atoms with E-state index in [-0.39, 0.29) is 40.1 Å². The van der Waals surface area contributed by atoms with Gasteiger partial charge in [0.25, 0.3) is 11.9 Å². The van der Waals surface area contributed by atoms with E-state index in [4.69, 9.17) is 37.9 Å². The highest BCUT2D eigenvalue weighted by atomic mass is 16.7. The number of hydrogen-bond acceptors (Lipinski definition) is 21. The van der Waals surface area contributed by atoms with Crippen molar-refractivity contribution in [3.05, 3.63) is 41.2 Å². The zero-order valence-corrected chi connectivity index (χ0v) is 30.3. The first kappa shape index (κ1) is 42.8. The molecule has 16 unspecified atom stereocenters. The highest BCUT2D eigenvalue weighted by molar-refractivity contribution is 5.69. The Hall–Kier alpha value is -3.82. The summed E-state index contributed by atoms with van der Waals surface area (Å²) in [6.45, 7) is -2.08. The van der Waals surface area contributed by atoms with Gasteiger partial charge >= 0.3 is 0 Å². The summed E-state index contributed by atoms with van der Waals surface area (Å²) >= 11 is 0. The molecule has 2 aromatic rings. The topological polar surface area (TPSA) is 350 Å². The minimum atomic E-state index is -1.92. The fraction of sp³-hybridized carbons (Fsp3) is 0.600. The second-order valence-corrected chi connectivity index (χ2v) is 13.8. The van der Waals surface area contributed by atoms with Crippen molar-refractivity contribution in [1.29, 1.82) is 0 Å². The predicted molar refractivity (Wildman–Crippen MR) is 183 cm³/mol. The molecule has 0 aliphatic carbocycles. The van der Waals surface area contributed by atoms with Crippen LogP contribution in [0.3, 0.4) is 0 Å². The molecule has 22 heteroatoms. The van der Waals surface area contributed by atoms with Gasteiger partial charge in [0.15, 0.2) is 29.8 Å². The van der Waals surface area contributed by atoms with E-state index in [9.17, 15) is 66.4 Å². The van der Waals surface area contributed by atoms with Crippen molar-refractivity contribution in [2.24, 2.45) is 0 Å². The van der Waals surface area contributed by atoms with E-state index in [2.05, 4.69) is 4.74 Å². The van der Waals surface area contributed by atoms with Crippen molar-refractivity contribution in [3.63, 3.8) is 0 Å². The van der Waals surface area contributed by atoms with Gasteiger partial charge in [0.2, 0.25) is 12.0 Å². The minimum absolute atomic E-state index is 0.0133. The summed E-state index contributed by atoms with van der Waals surface area (Å²) < 4.78 is 49.0. The Balaban J connectivity index is 1.18. The predicted octanol–water partition coefficient (Wildman–Crippen LogP) is -4.38. The maximum atomic E-state index is 11.0. The molecule has 0 spiro atoms. The fourth-order valence-electron chi connectivity index (χ4n) is 6.76. The van der Waals surface area contributed by atoms with Crippen molar-refractivity contribution in [3.8, 4) is 34.5 Å². The fourth-order valence-corrected chi connectivity index (χ4v) is 6.76. The van der Waals surface area contributed by atoms with Gasteiger partial charge in [-0.05, 0) is 12.1 Å². The molecule has 0 bridgehead atoms. The lowest BCUT2D eigenvalue weighted by molar-refractivity contribution is -0.341. The number of phenolic OH excluding ortho intramolecular Hbond substituents is 3. The summed E-state index contributed by atoms with van der Waals surface area (Å²) in [4.78, 5) is 0. The lowest BCUT2D eigenvalue weighted by Gasteiger charge is -2.44. The number of phenols is 3. The molecule has 0 amide bonds. The molecule has 14 N–H and O–H groups in total. The van der Waals surface area contributed by atoms with Crippen LogP contribution in [-0.4, -0.2) is 197 Å². The first-order valence-corrected chi connectivity index (χ1v) is 17.6. The van der Waals surface area contributed by atoms with Crippen LogP contribution in [0, 0.1) is 0 Å². The molecule has 4 aliphatic rings. The smallest absolute Gasteiger partial charge is 0.270 e. The SMILES string of the molecule is COc1cc(C2[OH+]c3cc(O)cc(O)c3C=C2OC2OC(COC3OC(COC4OC(CO)C(O)C(O)C4O)C(O)C(O)C3O)C(O)C(O)C2O)cc(OC)c1O. The molecule has 0 saturated carbocycles. The molecular weight excluding hydrogens is 772 g/mol. The highest BCUT2D eigenvalue weighted by Crippen LogP contribution is 2.48. The van der Waals surface area contributed by atoms with Gasteiger partial charge in [-0.2, -0.15) is 0 Å². The van der Waals surface area contributed by atoms with Crippen LogP contribution in [0.5, 0.6) is 34.5 Å². The van der Waals surface area contributed by atoms with Crippen molar-refractivity contribution >= 4 is 6.08 Å². The van der Waals surface area contributed by atoms with Crippen LogP contribution in [0.25, 0.3) is 6.08 Å². The molecule has 16 atom stereocenters. The number of benzene rings is 2. The van der Waals surface area contributed by atoms with E-state index in [0.717, 1.165) is 6.07 Å². The lowest BCUT2D eigenvalue weighted by Crippen LogP contribution is -2.62. The Morgan fingerprint density at radius 2 is 1.07 bits per heavy atom. The number of aliphatic hydroxyl groups excluding tert-OH is 10. The number of hydrogen-bond donors (Lipinski definition) is 13. The molecule has 318 valence electrons. The van der Waals surface area contributed by atoms with Crippen molar-refractivity contribution in [2.75, 3.05) is 34.0 Å². The lowest BCUT2D eigenvalue weighted by atomic mass is 9.97. The van der Waals surface area contributed by atoms with Crippen molar-refractivity contribution in [1.82, 2.24) is 0 Å². The van der Waals surface area contributed by atoms with Crippen LogP contribution >= 0.6 is 0 Å². The normalized spacial score (nSPS) is 38.1. The van der Waals surface area contributed by atoms with Crippen molar-refractivity contribution in [2.45, 2.75) is 98.2 Å². The molecule has 22 nitrogen and oxygen atoms in total. The van der Waals surface area contributed by atoms with E-state index in [0.29, 0.717) is 5.56 Å². The Morgan fingerprint density at radius 3 is 1.58 bits per heavy atom. The quantitative estimate of drug-likeness (QED) is 0.0900. The second kappa shape index (κ2) is 17.6. The summed E-state index contributed by atoms with van der Waals surface area (Å²) in [5, 5.41) is 136. The van der Waals surface area contributed by atoms with Gasteiger partial charge in [0, 0.05) is 12.1 Å². The highest BCUT2D eigenvalue weighted by Gasteiger charge is 2.50. The molecular formula is C35H47O22+. The molecule has 3 saturated heterocycles. The number of aliphatic hydroxyl groups is 11. The van der Waals surface area contributed by atoms with Crippen LogP contribution in [0.2, 0.25) is 0 Å². The number of fused-ring (bicyclic) bond motifs is 1. The van der Waals surface area contributed by atoms with Crippen LogP contribution in [0.1, 0.15) is 17.2 Å². The first-order valence-electron chi connectivity index (χ1n) is 17.6. The van der Waals surface area contributed by atoms with Crippen LogP contribution < -0.4 is 9.47 Å². The molecule has 2 aromatic carbocycles. The van der Waals surface area contributed by atoms with Gasteiger partial charge in [-0.25, -0.2) is 0 Å². The second-order valence-electron chi connectivity index (χ2n) is 13.8. The summed E-state index contributed by atoms with van der Waals surface area (Å²) in [6.07, 6.45) is -25.7. The van der Waals surface area contributed by atoms with E-state index < -0.39 is 124 Å². The third-order valence-corrected chi connectivity index (χ3v) is 10.1. The van der Waals surface area contributed by atoms with Gasteiger partial charge in [0.05, 0.1) is 45.7 Å². The summed E-state index contributed by atoms with van der Waals surface area (Å²) in [5.41, 5.74) is 0.387. The maximum absolute atomic E-state index is 11.0. The first-order chi connectivity index (χ1) is 27.1. The van der Waals surface area contributed by atoms with Crippen LogP contribution in [0.15, 0.2) is 30.0 Å². The van der Waals surface area contributed by atoms with Gasteiger partial charge in [-0.15, -0.1) is 0 Å². The molecule has 4 heterocycles. The third kappa shape index (κ3) is 8.52. The van der Waals surface area contributed by atoms with Gasteiger partial charge < -0.3 is 109 Å². The van der Waals surface area contributed by atoms with E-state index >= 15 is 0 Å². The molecule has 6 rings (SSSR count). The Morgan fingerprint density at radius 1 is 0.596 bits per heavy atom. The van der Waals surface area contributed by atoms with Crippen molar-refractivity contribution < 1.29 is 109 Å². The van der Waals surface area contributed by atoms with E-state index in [1.807, 2.05) is 0 Å². The summed E-state index contributed by atoms with van der Waals surface area (Å²) in [7, 11) is 2.60. The summed E-state index contributed by atoms with van der Waals surface area (Å²) in [6, 6.07) is 5.15. The van der Waals surface area contributed by atoms with Gasteiger partial charge in [0.1, 0.15) is 90.3 Å². The Labute approximate surface area is 323 Å². The Kier molecular flexibility index (Phi) is 13.2. The molecule has 3 fully saturated rings. The summed E-state index contributed by atoms with van der Waals surface area (Å²) in [5.74, 6) is -1.03. The molecule has 57 heavy (non-hydrogen) atoms. The maximum Gasteiger partial charge on any atom is 0.270 e. The molecule has 4 aliphatic heterocycles. The number of ether oxygens (including phenoxy) is 9.